The van der Waals surface area contributed by atoms with Crippen LogP contribution in [0.1, 0.15) is 0 Å². The van der Waals surface area contributed by atoms with Crippen LogP contribution in [0.15, 0.2) is 167 Å². The molecular formula is C45H26N4O2. The van der Waals surface area contributed by atoms with Crippen LogP contribution in [0.5, 0.6) is 0 Å². The Kier molecular flexibility index (Phi) is 5.86. The first-order valence-electron chi connectivity index (χ1n) is 16.9. The quantitative estimate of drug-likeness (QED) is 0.189. The Hall–Kier alpha value is -7.05. The van der Waals surface area contributed by atoms with Crippen LogP contribution in [0.3, 0.4) is 0 Å². The number of benzene rings is 7. The Bertz CT molecular complexity index is 3030. The van der Waals surface area contributed by atoms with Gasteiger partial charge < -0.3 is 13.4 Å². The van der Waals surface area contributed by atoms with E-state index in [2.05, 4.69) is 83.4 Å². The molecule has 0 saturated carbocycles. The zero-order valence-electron chi connectivity index (χ0n) is 27.1. The lowest BCUT2D eigenvalue weighted by molar-refractivity contribution is 0.656. The minimum Gasteiger partial charge on any atom is -0.456 e. The minimum atomic E-state index is 0.587. The van der Waals surface area contributed by atoms with Crippen molar-refractivity contribution < 1.29 is 8.83 Å². The first-order valence-corrected chi connectivity index (χ1v) is 16.9. The molecule has 0 spiro atoms. The average molecular weight is 655 g/mol. The second-order valence-electron chi connectivity index (χ2n) is 12.8. The van der Waals surface area contributed by atoms with Gasteiger partial charge in [0.25, 0.3) is 0 Å². The topological polar surface area (TPSA) is 69.9 Å². The fraction of sp³-hybridized carbons (Fsp3) is 0. The summed E-state index contributed by atoms with van der Waals surface area (Å²) in [5, 5.41) is 6.45. The van der Waals surface area contributed by atoms with E-state index < -0.39 is 0 Å². The van der Waals surface area contributed by atoms with Crippen molar-refractivity contribution in [3.8, 4) is 39.9 Å². The third-order valence-corrected chi connectivity index (χ3v) is 9.85. The van der Waals surface area contributed by atoms with Crippen LogP contribution >= 0.6 is 0 Å². The molecule has 238 valence electrons. The Morgan fingerprint density at radius 3 is 1.63 bits per heavy atom. The standard InChI is InChI=1S/C45H26N4O2/c1-3-12-27(13-4-1)43-46-44(28-14-5-2-6-15-28)48-45(47-43)33-18-11-21-38-42(33)35-25-34-32-23-22-29(24-39(32)51-40(34)26-41(35)50-38)49-36-19-9-7-16-30(36)31-17-8-10-20-37(31)49/h1-26H. The zero-order chi connectivity index (χ0) is 33.5. The van der Waals surface area contributed by atoms with Crippen LogP contribution in [0.2, 0.25) is 0 Å². The zero-order valence-corrected chi connectivity index (χ0v) is 27.1. The number of fused-ring (bicyclic) bond motifs is 9. The third kappa shape index (κ3) is 4.26. The van der Waals surface area contributed by atoms with Crippen molar-refractivity contribution in [2.75, 3.05) is 0 Å². The van der Waals surface area contributed by atoms with Gasteiger partial charge in [-0.3, -0.25) is 0 Å². The molecule has 7 aromatic carbocycles. The van der Waals surface area contributed by atoms with Crippen LogP contribution < -0.4 is 0 Å². The molecule has 0 aliphatic rings. The number of furan rings is 2. The first kappa shape index (κ1) is 27.9. The van der Waals surface area contributed by atoms with Gasteiger partial charge in [0.2, 0.25) is 0 Å². The van der Waals surface area contributed by atoms with E-state index >= 15 is 0 Å². The summed E-state index contributed by atoms with van der Waals surface area (Å²) in [7, 11) is 0. The second kappa shape index (κ2) is 10.7. The summed E-state index contributed by atoms with van der Waals surface area (Å²) in [6.45, 7) is 0. The van der Waals surface area contributed by atoms with Gasteiger partial charge in [0.1, 0.15) is 22.3 Å². The van der Waals surface area contributed by atoms with E-state index in [9.17, 15) is 0 Å². The molecule has 0 aliphatic heterocycles. The summed E-state index contributed by atoms with van der Waals surface area (Å²) < 4.78 is 15.4. The lowest BCUT2D eigenvalue weighted by atomic mass is 10.0. The van der Waals surface area contributed by atoms with Crippen LogP contribution in [0.4, 0.5) is 0 Å². The molecule has 0 N–H and O–H groups in total. The van der Waals surface area contributed by atoms with E-state index in [4.69, 9.17) is 23.8 Å². The van der Waals surface area contributed by atoms with Gasteiger partial charge in [-0.15, -0.1) is 0 Å². The summed E-state index contributed by atoms with van der Waals surface area (Å²) in [6.07, 6.45) is 0. The molecule has 0 fully saturated rings. The van der Waals surface area contributed by atoms with Crippen molar-refractivity contribution in [1.82, 2.24) is 19.5 Å². The lowest BCUT2D eigenvalue weighted by Gasteiger charge is -2.09. The van der Waals surface area contributed by atoms with E-state index in [0.717, 1.165) is 77.3 Å². The van der Waals surface area contributed by atoms with Crippen molar-refractivity contribution in [1.29, 1.82) is 0 Å². The lowest BCUT2D eigenvalue weighted by Crippen LogP contribution is -2.00. The van der Waals surface area contributed by atoms with Gasteiger partial charge in [-0.25, -0.2) is 15.0 Å². The number of para-hydroxylation sites is 2. The fourth-order valence-electron chi connectivity index (χ4n) is 7.54. The predicted octanol–water partition coefficient (Wildman–Crippen LogP) is 11.8. The normalized spacial score (nSPS) is 11.9. The van der Waals surface area contributed by atoms with E-state index in [1.54, 1.807) is 0 Å². The molecule has 0 radical (unpaired) electrons. The Morgan fingerprint density at radius 2 is 0.941 bits per heavy atom. The summed E-state index contributed by atoms with van der Waals surface area (Å²) >= 11 is 0. The van der Waals surface area contributed by atoms with E-state index in [1.165, 1.54) is 10.8 Å². The van der Waals surface area contributed by atoms with Crippen molar-refractivity contribution in [3.63, 3.8) is 0 Å². The molecule has 0 bridgehead atoms. The van der Waals surface area contributed by atoms with Crippen molar-refractivity contribution in [3.05, 3.63) is 158 Å². The molecular weight excluding hydrogens is 629 g/mol. The highest BCUT2D eigenvalue weighted by Crippen LogP contribution is 2.41. The molecule has 4 heterocycles. The molecule has 4 aromatic heterocycles. The maximum Gasteiger partial charge on any atom is 0.164 e. The number of nitrogens with zero attached hydrogens (tertiary/aromatic N) is 4. The Labute approximate surface area is 290 Å². The van der Waals surface area contributed by atoms with Crippen molar-refractivity contribution in [2.45, 2.75) is 0 Å². The second-order valence-corrected chi connectivity index (χ2v) is 12.8. The van der Waals surface area contributed by atoms with Crippen LogP contribution in [0.25, 0.3) is 106 Å². The smallest absolute Gasteiger partial charge is 0.164 e. The monoisotopic (exact) mass is 654 g/mol. The van der Waals surface area contributed by atoms with Gasteiger partial charge in [0, 0.05) is 66.8 Å². The van der Waals surface area contributed by atoms with E-state index in [1.807, 2.05) is 78.9 Å². The molecule has 0 amide bonds. The molecule has 6 heteroatoms. The van der Waals surface area contributed by atoms with E-state index in [0.29, 0.717) is 17.5 Å². The maximum atomic E-state index is 6.56. The highest BCUT2D eigenvalue weighted by Gasteiger charge is 2.20. The molecule has 0 atom stereocenters. The number of rotatable bonds is 4. The molecule has 0 saturated heterocycles. The molecule has 11 aromatic rings. The number of hydrogen-bond acceptors (Lipinski definition) is 5. The largest absolute Gasteiger partial charge is 0.456 e. The van der Waals surface area contributed by atoms with Gasteiger partial charge in [0.05, 0.1) is 11.0 Å². The third-order valence-electron chi connectivity index (χ3n) is 9.85. The summed E-state index contributed by atoms with van der Waals surface area (Å²) in [5.41, 5.74) is 9.20. The molecule has 51 heavy (non-hydrogen) atoms. The van der Waals surface area contributed by atoms with E-state index in [-0.39, 0.29) is 0 Å². The predicted molar refractivity (Wildman–Crippen MR) is 205 cm³/mol. The van der Waals surface area contributed by atoms with Crippen LogP contribution in [-0.2, 0) is 0 Å². The summed E-state index contributed by atoms with van der Waals surface area (Å²) in [6, 6.07) is 53.9. The SMILES string of the molecule is c1ccc(-c2nc(-c3ccccc3)nc(-c3cccc4oc5cc6oc7cc(-n8c9ccccc9c9ccccc98)ccc7c6cc5c34)n2)cc1. The van der Waals surface area contributed by atoms with Gasteiger partial charge >= 0.3 is 0 Å². The molecule has 0 unspecified atom stereocenters. The average Bonchev–Trinajstić information content (AvgIpc) is 3.86. The van der Waals surface area contributed by atoms with Gasteiger partial charge in [-0.2, -0.15) is 0 Å². The minimum absolute atomic E-state index is 0.587. The number of hydrogen-bond donors (Lipinski definition) is 0. The van der Waals surface area contributed by atoms with Gasteiger partial charge in [0.15, 0.2) is 17.5 Å². The van der Waals surface area contributed by atoms with Crippen molar-refractivity contribution >= 4 is 65.7 Å². The van der Waals surface area contributed by atoms with Crippen LogP contribution in [0, 0.1) is 0 Å². The Morgan fingerprint density at radius 1 is 0.373 bits per heavy atom. The molecule has 11 rings (SSSR count). The summed E-state index contributed by atoms with van der Waals surface area (Å²) in [5.74, 6) is 1.82. The first-order chi connectivity index (χ1) is 25.3. The van der Waals surface area contributed by atoms with Crippen LogP contribution in [-0.4, -0.2) is 19.5 Å². The highest BCUT2D eigenvalue weighted by molar-refractivity contribution is 6.18. The maximum absolute atomic E-state index is 6.56. The van der Waals surface area contributed by atoms with Gasteiger partial charge in [-0.05, 0) is 36.4 Å². The van der Waals surface area contributed by atoms with Crippen molar-refractivity contribution in [2.24, 2.45) is 0 Å². The molecule has 0 aliphatic carbocycles. The highest BCUT2D eigenvalue weighted by atomic mass is 16.3. The summed E-state index contributed by atoms with van der Waals surface area (Å²) in [4.78, 5) is 15.0. The van der Waals surface area contributed by atoms with Gasteiger partial charge in [-0.1, -0.05) is 109 Å². The number of aromatic nitrogens is 4. The Balaban J connectivity index is 1.11. The fourth-order valence-corrected chi connectivity index (χ4v) is 7.54. The molecule has 6 nitrogen and oxygen atoms in total.